The molecule has 7 atom stereocenters. The van der Waals surface area contributed by atoms with E-state index in [0.717, 1.165) is 44.0 Å². The van der Waals surface area contributed by atoms with Gasteiger partial charge < -0.3 is 29.6 Å². The number of anilines is 2. The zero-order valence-electron chi connectivity index (χ0n) is 28.8. The van der Waals surface area contributed by atoms with Crippen LogP contribution in [0.1, 0.15) is 83.8 Å². The number of nitrogens with one attached hydrogen (secondary N) is 2. The first-order chi connectivity index (χ1) is 23.0. The van der Waals surface area contributed by atoms with Crippen LogP contribution >= 0.6 is 11.6 Å². The van der Waals surface area contributed by atoms with Gasteiger partial charge in [0.1, 0.15) is 17.5 Å². The first-order valence-electron chi connectivity index (χ1n) is 17.8. The van der Waals surface area contributed by atoms with E-state index in [1.54, 1.807) is 6.20 Å². The van der Waals surface area contributed by atoms with E-state index in [-0.39, 0.29) is 17.6 Å². The van der Waals surface area contributed by atoms with E-state index < -0.39 is 11.6 Å². The molecule has 6 fully saturated rings. The Labute approximate surface area is 290 Å². The third-order valence-electron chi connectivity index (χ3n) is 11.3. The van der Waals surface area contributed by atoms with E-state index in [9.17, 15) is 5.26 Å². The van der Waals surface area contributed by atoms with Crippen LogP contribution in [0.15, 0.2) is 30.5 Å². The summed E-state index contributed by atoms with van der Waals surface area (Å²) in [6.07, 6.45) is 10.1. The fourth-order valence-electron chi connectivity index (χ4n) is 9.59. The number of rotatable bonds is 13. The van der Waals surface area contributed by atoms with Gasteiger partial charge >= 0.3 is 0 Å². The maximum absolute atomic E-state index is 9.88. The van der Waals surface area contributed by atoms with E-state index in [2.05, 4.69) is 26.6 Å². The van der Waals surface area contributed by atoms with Gasteiger partial charge in [0.15, 0.2) is 11.6 Å². The van der Waals surface area contributed by atoms with Crippen molar-refractivity contribution in [2.75, 3.05) is 43.5 Å². The molecule has 0 amide bonds. The minimum absolute atomic E-state index is 0.131. The number of halogens is 1. The van der Waals surface area contributed by atoms with Crippen LogP contribution in [0.25, 0.3) is 0 Å². The largest absolute Gasteiger partial charge is 0.368 e. The number of aromatic nitrogens is 2. The molecule has 8 rings (SSSR count). The number of hydrogen-bond acceptors (Lipinski definition) is 10. The van der Waals surface area contributed by atoms with Crippen molar-refractivity contribution in [3.05, 3.63) is 46.6 Å². The van der Waals surface area contributed by atoms with Gasteiger partial charge in [0.25, 0.3) is 0 Å². The molecular weight excluding hydrogens is 628 g/mol. The third-order valence-corrected chi connectivity index (χ3v) is 11.7. The van der Waals surface area contributed by atoms with Gasteiger partial charge in [0, 0.05) is 37.2 Å². The van der Waals surface area contributed by atoms with Crippen molar-refractivity contribution in [2.24, 2.45) is 23.2 Å². The molecule has 6 aliphatic rings. The number of nitrogens with zero attached hydrogens (tertiary/aromatic N) is 4. The van der Waals surface area contributed by atoms with E-state index in [1.165, 1.54) is 32.1 Å². The van der Waals surface area contributed by atoms with E-state index >= 15 is 0 Å². The second kappa shape index (κ2) is 13.7. The van der Waals surface area contributed by atoms with Crippen molar-refractivity contribution in [2.45, 2.75) is 109 Å². The average Bonchev–Trinajstić information content (AvgIpc) is 3.59. The molecule has 1 aromatic heterocycles. The molecule has 2 saturated heterocycles. The summed E-state index contributed by atoms with van der Waals surface area (Å²) < 4.78 is 24.3. The van der Waals surface area contributed by atoms with Crippen LogP contribution in [-0.2, 0) is 25.5 Å². The van der Waals surface area contributed by atoms with Crippen LogP contribution in [0.2, 0.25) is 5.02 Å². The summed E-state index contributed by atoms with van der Waals surface area (Å²) in [6.45, 7) is 12.7. The van der Waals surface area contributed by atoms with E-state index in [4.69, 9.17) is 35.5 Å². The fourth-order valence-corrected chi connectivity index (χ4v) is 9.79. The van der Waals surface area contributed by atoms with Crippen molar-refractivity contribution in [3.63, 3.8) is 0 Å². The highest BCUT2D eigenvalue weighted by Gasteiger charge is 2.56. The molecule has 2 aliphatic heterocycles. The van der Waals surface area contributed by atoms with Gasteiger partial charge in [0.05, 0.1) is 31.6 Å². The Kier molecular flexibility index (Phi) is 9.66. The van der Waals surface area contributed by atoms with Gasteiger partial charge in [-0.1, -0.05) is 29.8 Å². The van der Waals surface area contributed by atoms with Gasteiger partial charge in [-0.2, -0.15) is 10.2 Å². The van der Waals surface area contributed by atoms with Crippen LogP contribution in [0.3, 0.4) is 0 Å². The van der Waals surface area contributed by atoms with Crippen molar-refractivity contribution in [3.8, 4) is 6.07 Å². The van der Waals surface area contributed by atoms with Gasteiger partial charge in [-0.25, -0.2) is 4.98 Å². The summed E-state index contributed by atoms with van der Waals surface area (Å²) in [5.41, 5.74) is 1.65. The summed E-state index contributed by atoms with van der Waals surface area (Å²) in [7, 11) is 0. The van der Waals surface area contributed by atoms with E-state index in [0.29, 0.717) is 60.0 Å². The number of ether oxygens (including phenoxy) is 4. The lowest BCUT2D eigenvalue weighted by molar-refractivity contribution is -0.143. The predicted molar refractivity (Wildman–Crippen MR) is 184 cm³/mol. The molecule has 0 radical (unpaired) electrons. The molecule has 1 aromatic carbocycles. The van der Waals surface area contributed by atoms with Crippen LogP contribution in [0.4, 0.5) is 11.8 Å². The minimum atomic E-state index is -0.500. The first kappa shape index (κ1) is 34.0. The molecule has 4 bridgehead atoms. The highest BCUT2D eigenvalue weighted by Crippen LogP contribution is 2.61. The Bertz CT molecular complexity index is 1450. The molecule has 10 nitrogen and oxygen atoms in total. The molecule has 260 valence electrons. The van der Waals surface area contributed by atoms with Gasteiger partial charge in [-0.15, -0.1) is 0 Å². The fraction of sp³-hybridized carbons (Fsp3) is 0.703. The Balaban J connectivity index is 1.02. The van der Waals surface area contributed by atoms with Crippen LogP contribution in [0, 0.1) is 34.5 Å². The zero-order valence-corrected chi connectivity index (χ0v) is 29.6. The maximum atomic E-state index is 9.88. The van der Waals surface area contributed by atoms with E-state index in [1.807, 2.05) is 52.0 Å². The molecular formula is C37H51ClN6O4. The minimum Gasteiger partial charge on any atom is -0.368 e. The first-order valence-corrected chi connectivity index (χ1v) is 18.2. The molecule has 48 heavy (non-hydrogen) atoms. The van der Waals surface area contributed by atoms with Crippen molar-refractivity contribution in [1.29, 1.82) is 5.26 Å². The molecule has 4 saturated carbocycles. The zero-order chi connectivity index (χ0) is 33.5. The molecule has 2 unspecified atom stereocenters. The Hall–Kier alpha value is -2.52. The normalized spacial score (nSPS) is 32.9. The number of hydrogen-bond donors (Lipinski definition) is 2. The average molecular weight is 679 g/mol. The lowest BCUT2D eigenvalue weighted by atomic mass is 9.47. The highest BCUT2D eigenvalue weighted by atomic mass is 35.5. The number of nitriles is 1. The molecule has 0 spiro atoms. The topological polar surface area (TPSA) is 114 Å². The SMILES string of the molecule is CC1(C)OC[C@H](CCN(CC[C@H]2COC(C)(C)O2)[C@@H]2[C@@H]3CC4C[C@H]2CC(CNc2nc(NCc5ccccc5Cl)ncc2C#N)(C4)C3)O1. The van der Waals surface area contributed by atoms with Crippen LogP contribution in [-0.4, -0.2) is 77.5 Å². The van der Waals surface area contributed by atoms with Gasteiger partial charge in [-0.05, 0) is 107 Å². The molecule has 4 aliphatic carbocycles. The van der Waals surface area contributed by atoms with Crippen molar-refractivity contribution < 1.29 is 18.9 Å². The van der Waals surface area contributed by atoms with Gasteiger partial charge in [-0.3, -0.25) is 4.90 Å². The summed E-state index contributed by atoms with van der Waals surface area (Å²) in [6, 6.07) is 10.6. The van der Waals surface area contributed by atoms with Crippen molar-refractivity contribution in [1.82, 2.24) is 14.9 Å². The van der Waals surface area contributed by atoms with Crippen LogP contribution in [0.5, 0.6) is 0 Å². The summed E-state index contributed by atoms with van der Waals surface area (Å²) in [5, 5.41) is 17.5. The second-order valence-electron chi connectivity index (χ2n) is 15.8. The molecule has 2 N–H and O–H groups in total. The van der Waals surface area contributed by atoms with Crippen molar-refractivity contribution >= 4 is 23.4 Å². The summed E-state index contributed by atoms with van der Waals surface area (Å²) in [5.74, 6) is 2.15. The monoisotopic (exact) mass is 678 g/mol. The number of benzene rings is 1. The lowest BCUT2D eigenvalue weighted by Gasteiger charge is -2.62. The highest BCUT2D eigenvalue weighted by molar-refractivity contribution is 6.31. The Morgan fingerprint density at radius 3 is 2.17 bits per heavy atom. The second-order valence-corrected chi connectivity index (χ2v) is 16.2. The predicted octanol–water partition coefficient (Wildman–Crippen LogP) is 6.61. The molecule has 3 heterocycles. The van der Waals surface area contributed by atoms with Crippen LogP contribution < -0.4 is 10.6 Å². The Morgan fingerprint density at radius 2 is 1.58 bits per heavy atom. The third kappa shape index (κ3) is 7.62. The smallest absolute Gasteiger partial charge is 0.224 e. The molecule has 2 aromatic rings. The Morgan fingerprint density at radius 1 is 0.938 bits per heavy atom. The standard InChI is InChI=1S/C37H51ClN6O4/c1-35(2)45-21-29(47-35)9-11-44(12-10-30-22-46-36(3,4)48-30)32-26-13-24-14-27(32)17-37(15-24,16-26)23-42-33-28(18-39)20-41-34(43-33)40-19-25-7-5-6-8-31(25)38/h5-8,20,24,26-27,29-30,32H,9-17,19,21-23H2,1-4H3,(H2,40,41,42,43)/t24?,26-,27+,29-,30-,32-,37?/m0/s1. The van der Waals surface area contributed by atoms with Gasteiger partial charge in [0.2, 0.25) is 5.95 Å². The quantitative estimate of drug-likeness (QED) is 0.240. The molecule has 11 heteroatoms. The summed E-state index contributed by atoms with van der Waals surface area (Å²) >= 11 is 6.35. The summed E-state index contributed by atoms with van der Waals surface area (Å²) in [4.78, 5) is 11.9. The maximum Gasteiger partial charge on any atom is 0.224 e. The lowest BCUT2D eigenvalue weighted by Crippen LogP contribution is -2.61.